The topological polar surface area (TPSA) is 78.5 Å². The van der Waals surface area contributed by atoms with E-state index in [1.165, 1.54) is 22.5 Å². The average Bonchev–Trinajstić information content (AvgIpc) is 3.11. The van der Waals surface area contributed by atoms with Gasteiger partial charge in [-0.2, -0.15) is 0 Å². The normalized spacial score (nSPS) is 18.8. The van der Waals surface area contributed by atoms with Crippen LogP contribution in [0.15, 0.2) is 71.6 Å². The van der Waals surface area contributed by atoms with Gasteiger partial charge in [-0.05, 0) is 86.4 Å². The lowest BCUT2D eigenvalue weighted by Crippen LogP contribution is -2.50. The van der Waals surface area contributed by atoms with Crippen molar-refractivity contribution in [2.45, 2.75) is 42.7 Å². The second-order valence-electron chi connectivity index (χ2n) is 9.35. The third kappa shape index (κ3) is 4.17. The van der Waals surface area contributed by atoms with E-state index in [2.05, 4.69) is 10.6 Å². The minimum absolute atomic E-state index is 0.0900. The molecular formula is C27H27ClFN3O3S. The summed E-state index contributed by atoms with van der Waals surface area (Å²) in [5.74, 6) is -0.869. The van der Waals surface area contributed by atoms with E-state index in [0.29, 0.717) is 16.3 Å². The number of anilines is 1. The Balaban J connectivity index is 1.53. The predicted octanol–water partition coefficient (Wildman–Crippen LogP) is 4.63. The van der Waals surface area contributed by atoms with Crippen LogP contribution in [0.5, 0.6) is 0 Å². The minimum atomic E-state index is -4.03. The van der Waals surface area contributed by atoms with Gasteiger partial charge in [-0.15, -0.1) is 0 Å². The first-order valence-electron chi connectivity index (χ1n) is 11.9. The van der Waals surface area contributed by atoms with Crippen molar-refractivity contribution in [3.05, 3.63) is 94.3 Å². The highest BCUT2D eigenvalue weighted by Gasteiger charge is 2.53. The smallest absolute Gasteiger partial charge is 0.264 e. The second kappa shape index (κ2) is 9.50. The van der Waals surface area contributed by atoms with Gasteiger partial charge in [-0.25, -0.2) is 12.8 Å². The highest BCUT2D eigenvalue weighted by atomic mass is 35.5. The van der Waals surface area contributed by atoms with E-state index < -0.39 is 27.3 Å². The van der Waals surface area contributed by atoms with Crippen LogP contribution in [0.2, 0.25) is 5.02 Å². The number of fused-ring (bicyclic) bond motifs is 2. The van der Waals surface area contributed by atoms with E-state index in [1.807, 2.05) is 31.2 Å². The standard InChI is InChI=1S/C27H27ClFN3O3S/c1-18-27(11-13-30-14-12-27)23-15-19(26(33)31-17-20-5-2-3-8-24(20)28)9-10-25(23)32(18)36(34,35)22-7-4-6-21(29)16-22/h2-10,15-16,18,30H,11-14,17H2,1H3,(H,31,33). The molecule has 2 aliphatic heterocycles. The molecule has 188 valence electrons. The van der Waals surface area contributed by atoms with E-state index in [-0.39, 0.29) is 17.3 Å². The molecular weight excluding hydrogens is 501 g/mol. The first kappa shape index (κ1) is 24.7. The maximum Gasteiger partial charge on any atom is 0.264 e. The third-order valence-electron chi connectivity index (χ3n) is 7.43. The van der Waals surface area contributed by atoms with Crippen molar-refractivity contribution in [2.24, 2.45) is 0 Å². The van der Waals surface area contributed by atoms with Crippen molar-refractivity contribution in [2.75, 3.05) is 17.4 Å². The highest BCUT2D eigenvalue weighted by molar-refractivity contribution is 7.92. The maximum absolute atomic E-state index is 13.9. The van der Waals surface area contributed by atoms with Gasteiger partial charge in [-0.1, -0.05) is 35.9 Å². The lowest BCUT2D eigenvalue weighted by molar-refractivity contribution is 0.0950. The summed E-state index contributed by atoms with van der Waals surface area (Å²) in [6.45, 7) is 3.65. The summed E-state index contributed by atoms with van der Waals surface area (Å²) in [6, 6.07) is 17.2. The number of hydrogen-bond acceptors (Lipinski definition) is 4. The molecule has 0 aliphatic carbocycles. The van der Waals surface area contributed by atoms with Crippen molar-refractivity contribution >= 4 is 33.2 Å². The fourth-order valence-electron chi connectivity index (χ4n) is 5.48. The summed E-state index contributed by atoms with van der Waals surface area (Å²) in [6.07, 6.45) is 1.45. The van der Waals surface area contributed by atoms with Gasteiger partial charge < -0.3 is 10.6 Å². The third-order valence-corrected chi connectivity index (χ3v) is 9.68. The highest BCUT2D eigenvalue weighted by Crippen LogP contribution is 2.52. The first-order chi connectivity index (χ1) is 17.2. The molecule has 0 saturated carbocycles. The summed E-state index contributed by atoms with van der Waals surface area (Å²) in [5.41, 5.74) is 2.18. The van der Waals surface area contributed by atoms with E-state index in [9.17, 15) is 17.6 Å². The van der Waals surface area contributed by atoms with Gasteiger partial charge in [0.15, 0.2) is 0 Å². The fourth-order valence-corrected chi connectivity index (χ4v) is 7.46. The molecule has 1 saturated heterocycles. The molecule has 0 aromatic heterocycles. The molecule has 1 spiro atoms. The Bertz CT molecular complexity index is 1420. The summed E-state index contributed by atoms with van der Waals surface area (Å²) in [4.78, 5) is 13.0. The Hall–Kier alpha value is -2.94. The quantitative estimate of drug-likeness (QED) is 0.507. The monoisotopic (exact) mass is 527 g/mol. The van der Waals surface area contributed by atoms with E-state index in [1.54, 1.807) is 18.2 Å². The van der Waals surface area contributed by atoms with Crippen molar-refractivity contribution in [1.82, 2.24) is 10.6 Å². The number of carbonyl (C=O) groups is 1. The molecule has 2 N–H and O–H groups in total. The molecule has 6 nitrogen and oxygen atoms in total. The zero-order chi connectivity index (χ0) is 25.5. The van der Waals surface area contributed by atoms with Gasteiger partial charge >= 0.3 is 0 Å². The van der Waals surface area contributed by atoms with Crippen molar-refractivity contribution in [3.63, 3.8) is 0 Å². The van der Waals surface area contributed by atoms with Crippen molar-refractivity contribution in [1.29, 1.82) is 0 Å². The van der Waals surface area contributed by atoms with Crippen LogP contribution in [0.3, 0.4) is 0 Å². The molecule has 3 aromatic carbocycles. The van der Waals surface area contributed by atoms with Gasteiger partial charge in [-0.3, -0.25) is 9.10 Å². The van der Waals surface area contributed by atoms with Crippen LogP contribution in [-0.4, -0.2) is 33.5 Å². The summed E-state index contributed by atoms with van der Waals surface area (Å²) < 4.78 is 42.8. The molecule has 2 aliphatic rings. The molecule has 2 heterocycles. The Morgan fingerprint density at radius 1 is 1.11 bits per heavy atom. The molecule has 1 unspecified atom stereocenters. The van der Waals surface area contributed by atoms with E-state index in [0.717, 1.165) is 43.1 Å². The number of amides is 1. The molecule has 1 fully saturated rings. The maximum atomic E-state index is 13.9. The molecule has 3 aromatic rings. The molecule has 9 heteroatoms. The lowest BCUT2D eigenvalue weighted by atomic mass is 9.70. The molecule has 0 bridgehead atoms. The molecule has 1 amide bonds. The molecule has 0 radical (unpaired) electrons. The number of sulfonamides is 1. The van der Waals surface area contributed by atoms with Crippen LogP contribution in [-0.2, 0) is 22.0 Å². The predicted molar refractivity (Wildman–Crippen MR) is 138 cm³/mol. The Morgan fingerprint density at radius 2 is 1.86 bits per heavy atom. The number of rotatable bonds is 5. The average molecular weight is 528 g/mol. The van der Waals surface area contributed by atoms with E-state index in [4.69, 9.17) is 11.6 Å². The number of nitrogens with zero attached hydrogens (tertiary/aromatic N) is 1. The van der Waals surface area contributed by atoms with Gasteiger partial charge in [0.1, 0.15) is 5.82 Å². The van der Waals surface area contributed by atoms with Crippen LogP contribution in [0.4, 0.5) is 10.1 Å². The molecule has 5 rings (SSSR count). The summed E-state index contributed by atoms with van der Waals surface area (Å²) >= 11 is 6.22. The van der Waals surface area contributed by atoms with Gasteiger partial charge in [0, 0.05) is 22.5 Å². The van der Waals surface area contributed by atoms with Gasteiger partial charge in [0.25, 0.3) is 15.9 Å². The number of benzene rings is 3. The van der Waals surface area contributed by atoms with Crippen molar-refractivity contribution < 1.29 is 17.6 Å². The van der Waals surface area contributed by atoms with Crippen molar-refractivity contribution in [3.8, 4) is 0 Å². The second-order valence-corrected chi connectivity index (χ2v) is 11.6. The summed E-state index contributed by atoms with van der Waals surface area (Å²) in [7, 11) is -4.03. The lowest BCUT2D eigenvalue weighted by Gasteiger charge is -2.40. The minimum Gasteiger partial charge on any atom is -0.348 e. The number of halogens is 2. The van der Waals surface area contributed by atoms with Crippen LogP contribution < -0.4 is 14.9 Å². The van der Waals surface area contributed by atoms with E-state index >= 15 is 0 Å². The SMILES string of the molecule is CC1N(S(=O)(=O)c2cccc(F)c2)c2ccc(C(=O)NCc3ccccc3Cl)cc2C12CCNCC2. The zero-order valence-electron chi connectivity index (χ0n) is 19.8. The van der Waals surface area contributed by atoms with Crippen LogP contribution in [0, 0.1) is 5.82 Å². The zero-order valence-corrected chi connectivity index (χ0v) is 21.4. The Kier molecular flexibility index (Phi) is 6.53. The number of piperidine rings is 1. The van der Waals surface area contributed by atoms with Crippen LogP contribution in [0.1, 0.15) is 41.3 Å². The number of hydrogen-bond donors (Lipinski definition) is 2. The fraction of sp³-hybridized carbons (Fsp3) is 0.296. The summed E-state index contributed by atoms with van der Waals surface area (Å²) in [5, 5.41) is 6.84. The van der Waals surface area contributed by atoms with Gasteiger partial charge in [0.2, 0.25) is 0 Å². The Morgan fingerprint density at radius 3 is 2.58 bits per heavy atom. The largest absolute Gasteiger partial charge is 0.348 e. The molecule has 36 heavy (non-hydrogen) atoms. The first-order valence-corrected chi connectivity index (χ1v) is 13.7. The number of nitrogens with one attached hydrogen (secondary N) is 2. The molecule has 1 atom stereocenters. The van der Waals surface area contributed by atoms with Crippen LogP contribution >= 0.6 is 11.6 Å². The Labute approximate surface area is 215 Å². The van der Waals surface area contributed by atoms with Crippen LogP contribution in [0.25, 0.3) is 0 Å². The number of carbonyl (C=O) groups excluding carboxylic acids is 1. The van der Waals surface area contributed by atoms with Gasteiger partial charge in [0.05, 0.1) is 16.6 Å².